The predicted octanol–water partition coefficient (Wildman–Crippen LogP) is 7.15. The number of benzene rings is 3. The van der Waals surface area contributed by atoms with Gasteiger partial charge in [-0.2, -0.15) is 13.2 Å². The van der Waals surface area contributed by atoms with Crippen molar-refractivity contribution in [3.63, 3.8) is 0 Å². The first-order valence-corrected chi connectivity index (χ1v) is 11.6. The van der Waals surface area contributed by atoms with E-state index in [1.165, 1.54) is 12.1 Å². The van der Waals surface area contributed by atoms with Crippen LogP contribution in [0.25, 0.3) is 10.8 Å². The van der Waals surface area contributed by atoms with E-state index < -0.39 is 11.7 Å². The Morgan fingerprint density at radius 3 is 2.17 bits per heavy atom. The van der Waals surface area contributed by atoms with E-state index in [1.807, 2.05) is 25.1 Å². The fraction of sp³-hybridized carbons (Fsp3) is 0.286. The number of rotatable bonds is 9. The van der Waals surface area contributed by atoms with Crippen LogP contribution in [0.3, 0.4) is 0 Å². The van der Waals surface area contributed by atoms with Crippen molar-refractivity contribution in [2.45, 2.75) is 45.2 Å². The molecule has 1 heterocycles. The quantitative estimate of drug-likeness (QED) is 0.238. The van der Waals surface area contributed by atoms with Gasteiger partial charge in [-0.25, -0.2) is 14.4 Å². The average Bonchev–Trinajstić information content (AvgIpc) is 2.86. The zero-order chi connectivity index (χ0) is 24.8. The molecule has 4 aromatic rings. The SMILES string of the molecule is CCCOc1cnc(CCc2ccc3c(F)c(CCc4ccc(C(F)(F)F)cc4)ccc3c2)nc1. The maximum atomic E-state index is 15.1. The molecule has 0 saturated heterocycles. The lowest BCUT2D eigenvalue weighted by Crippen LogP contribution is -2.04. The smallest absolute Gasteiger partial charge is 0.416 e. The topological polar surface area (TPSA) is 35.0 Å². The largest absolute Gasteiger partial charge is 0.490 e. The molecule has 0 atom stereocenters. The summed E-state index contributed by atoms with van der Waals surface area (Å²) < 4.78 is 58.8. The Morgan fingerprint density at radius 1 is 0.800 bits per heavy atom. The molecule has 4 rings (SSSR count). The summed E-state index contributed by atoms with van der Waals surface area (Å²) in [5.41, 5.74) is 1.66. The molecule has 1 aromatic heterocycles. The van der Waals surface area contributed by atoms with Crippen molar-refractivity contribution in [3.8, 4) is 5.75 Å². The van der Waals surface area contributed by atoms with E-state index in [0.717, 1.165) is 47.3 Å². The highest BCUT2D eigenvalue weighted by Crippen LogP contribution is 2.29. The first-order chi connectivity index (χ1) is 16.8. The van der Waals surface area contributed by atoms with E-state index in [1.54, 1.807) is 24.5 Å². The van der Waals surface area contributed by atoms with E-state index >= 15 is 4.39 Å². The van der Waals surface area contributed by atoms with Crippen molar-refractivity contribution in [3.05, 3.63) is 101 Å². The Hall–Kier alpha value is -3.48. The van der Waals surface area contributed by atoms with Gasteiger partial charge in [-0.05, 0) is 59.9 Å². The van der Waals surface area contributed by atoms with Crippen molar-refractivity contribution in [2.24, 2.45) is 0 Å². The molecule has 0 unspecified atom stereocenters. The van der Waals surface area contributed by atoms with E-state index in [0.29, 0.717) is 42.6 Å². The molecule has 0 aliphatic heterocycles. The Balaban J connectivity index is 1.39. The fourth-order valence-electron chi connectivity index (χ4n) is 3.90. The standard InChI is InChI=1S/C28H26F4N2O/c1-2-15-35-24-17-33-26(34-18-24)14-7-20-6-13-25-22(16-20)10-9-21(27(25)29)8-3-19-4-11-23(12-5-19)28(30,31)32/h4-6,9-13,16-18H,2-3,7-8,14-15H2,1H3. The number of halogens is 4. The van der Waals surface area contributed by atoms with Gasteiger partial charge in [-0.3, -0.25) is 0 Å². The third-order valence-corrected chi connectivity index (χ3v) is 5.85. The molecular weight excluding hydrogens is 456 g/mol. The molecule has 3 nitrogen and oxygen atoms in total. The molecule has 0 radical (unpaired) electrons. The molecule has 0 N–H and O–H groups in total. The molecule has 7 heteroatoms. The van der Waals surface area contributed by atoms with Crippen molar-refractivity contribution in [2.75, 3.05) is 6.61 Å². The number of hydrogen-bond acceptors (Lipinski definition) is 3. The number of fused-ring (bicyclic) bond motifs is 1. The van der Waals surface area contributed by atoms with E-state index in [-0.39, 0.29) is 5.82 Å². The van der Waals surface area contributed by atoms with Crippen LogP contribution in [0.5, 0.6) is 5.75 Å². The van der Waals surface area contributed by atoms with Crippen molar-refractivity contribution >= 4 is 10.8 Å². The molecule has 0 aliphatic carbocycles. The van der Waals surface area contributed by atoms with Gasteiger partial charge in [-0.1, -0.05) is 49.4 Å². The van der Waals surface area contributed by atoms with Crippen LogP contribution in [0, 0.1) is 5.82 Å². The van der Waals surface area contributed by atoms with Crippen LogP contribution in [0.1, 0.15) is 41.4 Å². The number of hydrogen-bond donors (Lipinski definition) is 0. The maximum absolute atomic E-state index is 15.1. The fourth-order valence-corrected chi connectivity index (χ4v) is 3.90. The number of alkyl halides is 3. The van der Waals surface area contributed by atoms with Gasteiger partial charge in [0.1, 0.15) is 11.6 Å². The molecule has 35 heavy (non-hydrogen) atoms. The van der Waals surface area contributed by atoms with Gasteiger partial charge in [0, 0.05) is 11.8 Å². The molecule has 0 fully saturated rings. The normalized spacial score (nSPS) is 11.7. The van der Waals surface area contributed by atoms with Crippen LogP contribution in [-0.4, -0.2) is 16.6 Å². The molecule has 0 saturated carbocycles. The van der Waals surface area contributed by atoms with Crippen molar-refractivity contribution in [1.29, 1.82) is 0 Å². The van der Waals surface area contributed by atoms with Crippen LogP contribution in [-0.2, 0) is 31.9 Å². The van der Waals surface area contributed by atoms with E-state index in [4.69, 9.17) is 4.74 Å². The first kappa shape index (κ1) is 24.6. The summed E-state index contributed by atoms with van der Waals surface area (Å²) in [7, 11) is 0. The molecular formula is C28H26F4N2O. The second kappa shape index (κ2) is 10.8. The summed E-state index contributed by atoms with van der Waals surface area (Å²) in [6.07, 6.45) is 2.17. The number of aromatic nitrogens is 2. The number of aryl methyl sites for hydroxylation is 4. The summed E-state index contributed by atoms with van der Waals surface area (Å²) in [6.45, 7) is 2.67. The number of nitrogens with zero attached hydrogens (tertiary/aromatic N) is 2. The summed E-state index contributed by atoms with van der Waals surface area (Å²) in [6, 6.07) is 14.3. The van der Waals surface area contributed by atoms with Crippen molar-refractivity contribution in [1.82, 2.24) is 9.97 Å². The Labute approximate surface area is 201 Å². The highest BCUT2D eigenvalue weighted by Gasteiger charge is 2.29. The monoisotopic (exact) mass is 482 g/mol. The van der Waals surface area contributed by atoms with Gasteiger partial charge in [0.25, 0.3) is 0 Å². The Kier molecular flexibility index (Phi) is 7.63. The summed E-state index contributed by atoms with van der Waals surface area (Å²) in [4.78, 5) is 8.69. The number of ether oxygens (including phenoxy) is 1. The predicted molar refractivity (Wildman–Crippen MR) is 128 cm³/mol. The summed E-state index contributed by atoms with van der Waals surface area (Å²) >= 11 is 0. The summed E-state index contributed by atoms with van der Waals surface area (Å²) in [5, 5.41) is 1.34. The minimum Gasteiger partial charge on any atom is -0.490 e. The first-order valence-electron chi connectivity index (χ1n) is 11.6. The highest BCUT2D eigenvalue weighted by molar-refractivity contribution is 5.84. The van der Waals surface area contributed by atoms with Crippen LogP contribution in [0.15, 0.2) is 67.0 Å². The average molecular weight is 483 g/mol. The molecule has 182 valence electrons. The Morgan fingerprint density at radius 2 is 1.49 bits per heavy atom. The lowest BCUT2D eigenvalue weighted by molar-refractivity contribution is -0.137. The second-order valence-corrected chi connectivity index (χ2v) is 8.47. The maximum Gasteiger partial charge on any atom is 0.416 e. The second-order valence-electron chi connectivity index (χ2n) is 8.47. The van der Waals surface area contributed by atoms with Gasteiger partial charge in [0.15, 0.2) is 5.75 Å². The van der Waals surface area contributed by atoms with Gasteiger partial charge < -0.3 is 4.74 Å². The molecule has 0 amide bonds. The molecule has 0 spiro atoms. The van der Waals surface area contributed by atoms with Crippen LogP contribution in [0.2, 0.25) is 0 Å². The minimum absolute atomic E-state index is 0.285. The van der Waals surface area contributed by atoms with Gasteiger partial charge in [0.2, 0.25) is 0 Å². The van der Waals surface area contributed by atoms with E-state index in [2.05, 4.69) is 9.97 Å². The molecule has 0 bridgehead atoms. The lowest BCUT2D eigenvalue weighted by atomic mass is 9.98. The minimum atomic E-state index is -4.36. The van der Waals surface area contributed by atoms with Crippen LogP contribution in [0.4, 0.5) is 17.6 Å². The third-order valence-electron chi connectivity index (χ3n) is 5.85. The van der Waals surface area contributed by atoms with Gasteiger partial charge in [0.05, 0.1) is 24.6 Å². The van der Waals surface area contributed by atoms with Gasteiger partial charge >= 0.3 is 6.18 Å². The third kappa shape index (κ3) is 6.35. The zero-order valence-corrected chi connectivity index (χ0v) is 19.4. The van der Waals surface area contributed by atoms with Crippen LogP contribution < -0.4 is 4.74 Å². The van der Waals surface area contributed by atoms with E-state index in [9.17, 15) is 13.2 Å². The molecule has 3 aromatic carbocycles. The van der Waals surface area contributed by atoms with Gasteiger partial charge in [-0.15, -0.1) is 0 Å². The lowest BCUT2D eigenvalue weighted by Gasteiger charge is -2.10. The Bertz CT molecular complexity index is 1270. The van der Waals surface area contributed by atoms with Crippen LogP contribution >= 0.6 is 0 Å². The zero-order valence-electron chi connectivity index (χ0n) is 19.4. The molecule has 0 aliphatic rings. The van der Waals surface area contributed by atoms with Crippen molar-refractivity contribution < 1.29 is 22.3 Å². The summed E-state index contributed by atoms with van der Waals surface area (Å²) in [5.74, 6) is 1.09. The highest BCUT2D eigenvalue weighted by atomic mass is 19.4.